The van der Waals surface area contributed by atoms with Crippen LogP contribution < -0.4 is 5.32 Å². The van der Waals surface area contributed by atoms with Crippen LogP contribution in [-0.2, 0) is 10.2 Å². The van der Waals surface area contributed by atoms with Crippen molar-refractivity contribution in [2.45, 2.75) is 49.1 Å². The summed E-state index contributed by atoms with van der Waals surface area (Å²) >= 11 is 1.31. The molecule has 8 rings (SSSR count). The Morgan fingerprint density at radius 2 is 1.31 bits per heavy atom. The fraction of sp³-hybridized carbons (Fsp3) is 0.333. The molecule has 5 nitrogen and oxygen atoms in total. The van der Waals surface area contributed by atoms with Gasteiger partial charge in [0.15, 0.2) is 0 Å². The molecule has 6 heteroatoms. The molecule has 0 atom stereocenters. The van der Waals surface area contributed by atoms with E-state index in [1.54, 1.807) is 0 Å². The summed E-state index contributed by atoms with van der Waals surface area (Å²) in [6.45, 7) is 0. The Morgan fingerprint density at radius 3 is 1.90 bits per heavy atom. The Morgan fingerprint density at radius 1 is 0.744 bits per heavy atom. The van der Waals surface area contributed by atoms with Gasteiger partial charge in [0.2, 0.25) is 11.1 Å². The van der Waals surface area contributed by atoms with Gasteiger partial charge in [-0.1, -0.05) is 84.6 Å². The normalized spacial score (nSPS) is 25.0. The monoisotopic (exact) mass is 532 g/mol. The van der Waals surface area contributed by atoms with Gasteiger partial charge in [0.1, 0.15) is 11.4 Å². The van der Waals surface area contributed by atoms with Crippen LogP contribution in [0.5, 0.6) is 0 Å². The second-order valence-electron chi connectivity index (χ2n) is 11.6. The lowest BCUT2D eigenvalue weighted by molar-refractivity contribution is -0.113. The van der Waals surface area contributed by atoms with Crippen LogP contribution in [0.15, 0.2) is 90.1 Å². The molecule has 4 saturated carbocycles. The number of carbonyl (C=O) groups is 1. The molecule has 0 saturated heterocycles. The zero-order valence-electron chi connectivity index (χ0n) is 21.9. The molecule has 1 amide bonds. The molecule has 1 heterocycles. The highest BCUT2D eigenvalue weighted by Crippen LogP contribution is 2.60. The van der Waals surface area contributed by atoms with Crippen LogP contribution in [0.1, 0.15) is 44.1 Å². The van der Waals surface area contributed by atoms with E-state index in [-0.39, 0.29) is 11.7 Å². The molecule has 0 radical (unpaired) electrons. The number of anilines is 1. The number of amides is 1. The minimum atomic E-state index is -0.0699. The number of aromatic nitrogens is 3. The van der Waals surface area contributed by atoms with Crippen molar-refractivity contribution in [1.29, 1.82) is 0 Å². The lowest BCUT2D eigenvalue weighted by Crippen LogP contribution is -2.48. The average molecular weight is 533 g/mol. The highest BCUT2D eigenvalue weighted by atomic mass is 32.2. The highest BCUT2D eigenvalue weighted by Gasteiger charge is 2.51. The van der Waals surface area contributed by atoms with Crippen molar-refractivity contribution < 1.29 is 4.79 Å². The van der Waals surface area contributed by atoms with Crippen LogP contribution in [0.25, 0.3) is 22.5 Å². The van der Waals surface area contributed by atoms with Gasteiger partial charge in [-0.25, -0.2) is 4.98 Å². The van der Waals surface area contributed by atoms with Gasteiger partial charge in [0.25, 0.3) is 0 Å². The highest BCUT2D eigenvalue weighted by molar-refractivity contribution is 7.99. The first-order valence-corrected chi connectivity index (χ1v) is 15.0. The van der Waals surface area contributed by atoms with Crippen LogP contribution in [0.3, 0.4) is 0 Å². The van der Waals surface area contributed by atoms with Gasteiger partial charge in [0, 0.05) is 16.8 Å². The van der Waals surface area contributed by atoms with Crippen LogP contribution >= 0.6 is 11.8 Å². The minimum absolute atomic E-state index is 0.0699. The van der Waals surface area contributed by atoms with Crippen molar-refractivity contribution in [3.05, 3.63) is 90.5 Å². The number of nitrogens with one attached hydrogen (secondary N) is 1. The number of thioether (sulfide) groups is 1. The molecule has 4 aliphatic carbocycles. The third-order valence-electron chi connectivity index (χ3n) is 8.91. The average Bonchev–Trinajstić information content (AvgIpc) is 2.96. The topological polar surface area (TPSA) is 67.8 Å². The second-order valence-corrected chi connectivity index (χ2v) is 12.6. The van der Waals surface area contributed by atoms with Crippen molar-refractivity contribution in [3.63, 3.8) is 0 Å². The fourth-order valence-electron chi connectivity index (χ4n) is 7.66. The lowest BCUT2D eigenvalue weighted by Gasteiger charge is -2.57. The van der Waals surface area contributed by atoms with Gasteiger partial charge >= 0.3 is 0 Å². The molecule has 4 aliphatic rings. The lowest BCUT2D eigenvalue weighted by atomic mass is 9.48. The first kappa shape index (κ1) is 24.5. The summed E-state index contributed by atoms with van der Waals surface area (Å²) in [5.41, 5.74) is 6.12. The standard InChI is InChI=1S/C33H32N4OS/c38-29(34-28-13-11-27(12-14-28)33-18-22-15-23(19-33)17-24(16-22)20-33)21-39-32-35-30(25-7-3-1-4-8-25)31(36-37-32)26-9-5-2-6-10-26/h1-14,22-24H,15-21H2,(H,34,38). The number of benzene rings is 3. The summed E-state index contributed by atoms with van der Waals surface area (Å²) in [6.07, 6.45) is 8.40. The Hall–Kier alpha value is -3.51. The summed E-state index contributed by atoms with van der Waals surface area (Å²) in [4.78, 5) is 17.6. The maximum atomic E-state index is 12.8. The van der Waals surface area contributed by atoms with E-state index in [4.69, 9.17) is 4.98 Å². The fourth-order valence-corrected chi connectivity index (χ4v) is 8.25. The maximum absolute atomic E-state index is 12.8. The zero-order chi connectivity index (χ0) is 26.2. The van der Waals surface area contributed by atoms with Crippen LogP contribution in [-0.4, -0.2) is 26.8 Å². The molecule has 1 N–H and O–H groups in total. The Balaban J connectivity index is 1.03. The van der Waals surface area contributed by atoms with Gasteiger partial charge in [-0.15, -0.1) is 10.2 Å². The minimum Gasteiger partial charge on any atom is -0.325 e. The van der Waals surface area contributed by atoms with E-state index < -0.39 is 0 Å². The van der Waals surface area contributed by atoms with Crippen LogP contribution in [0, 0.1) is 17.8 Å². The summed E-state index contributed by atoms with van der Waals surface area (Å²) in [5.74, 6) is 2.92. The van der Waals surface area contributed by atoms with Gasteiger partial charge in [-0.3, -0.25) is 4.79 Å². The van der Waals surface area contributed by atoms with E-state index in [0.29, 0.717) is 10.6 Å². The molecule has 0 unspecified atom stereocenters. The SMILES string of the molecule is O=C(CSc1nnc(-c2ccccc2)c(-c2ccccc2)n1)Nc1ccc(C23CC4CC(CC(C4)C2)C3)cc1. The molecule has 4 aromatic rings. The second kappa shape index (κ2) is 10.2. The quantitative estimate of drug-likeness (QED) is 0.251. The van der Waals surface area contributed by atoms with Crippen LogP contribution in [0.4, 0.5) is 5.69 Å². The zero-order valence-corrected chi connectivity index (χ0v) is 22.7. The molecule has 1 aromatic heterocycles. The van der Waals surface area contributed by atoms with E-state index >= 15 is 0 Å². The molecular formula is C33H32N4OS. The molecule has 3 aromatic carbocycles. The summed E-state index contributed by atoms with van der Waals surface area (Å²) in [7, 11) is 0. The Kier molecular flexibility index (Phi) is 6.43. The number of carbonyl (C=O) groups excluding carboxylic acids is 1. The third kappa shape index (κ3) is 4.98. The van der Waals surface area contributed by atoms with Gasteiger partial charge in [-0.2, -0.15) is 0 Å². The molecule has 39 heavy (non-hydrogen) atoms. The van der Waals surface area contributed by atoms with Crippen molar-refractivity contribution in [2.75, 3.05) is 11.1 Å². The molecular weight excluding hydrogens is 500 g/mol. The van der Waals surface area contributed by atoms with Crippen LogP contribution in [0.2, 0.25) is 0 Å². The first-order valence-electron chi connectivity index (χ1n) is 14.0. The largest absolute Gasteiger partial charge is 0.325 e. The third-order valence-corrected chi connectivity index (χ3v) is 9.75. The van der Waals surface area contributed by atoms with Crippen molar-refractivity contribution >= 4 is 23.4 Å². The molecule has 196 valence electrons. The number of hydrogen-bond donors (Lipinski definition) is 1. The summed E-state index contributed by atoms with van der Waals surface area (Å²) in [5, 5.41) is 12.4. The van der Waals surface area contributed by atoms with Crippen molar-refractivity contribution in [2.24, 2.45) is 17.8 Å². The summed E-state index contributed by atoms with van der Waals surface area (Å²) in [6, 6.07) is 28.6. The van der Waals surface area contributed by atoms with E-state index in [9.17, 15) is 4.79 Å². The van der Waals surface area contributed by atoms with Gasteiger partial charge < -0.3 is 5.32 Å². The predicted octanol–water partition coefficient (Wildman–Crippen LogP) is 7.40. The molecule has 0 aliphatic heterocycles. The Labute approximate surface area is 233 Å². The molecule has 4 fully saturated rings. The predicted molar refractivity (Wildman–Crippen MR) is 156 cm³/mol. The maximum Gasteiger partial charge on any atom is 0.234 e. The number of hydrogen-bond acceptors (Lipinski definition) is 5. The van der Waals surface area contributed by atoms with E-state index in [1.165, 1.54) is 55.9 Å². The van der Waals surface area contributed by atoms with E-state index in [1.807, 2.05) is 60.7 Å². The smallest absolute Gasteiger partial charge is 0.234 e. The van der Waals surface area contributed by atoms with Crippen molar-refractivity contribution in [3.8, 4) is 22.5 Å². The van der Waals surface area contributed by atoms with Gasteiger partial charge in [-0.05, 0) is 79.4 Å². The molecule has 0 spiro atoms. The van der Waals surface area contributed by atoms with E-state index in [0.717, 1.165) is 46.0 Å². The molecule has 4 bridgehead atoms. The number of nitrogens with zero attached hydrogens (tertiary/aromatic N) is 3. The van der Waals surface area contributed by atoms with E-state index in [2.05, 4.69) is 39.8 Å². The van der Waals surface area contributed by atoms with Crippen molar-refractivity contribution in [1.82, 2.24) is 15.2 Å². The first-order chi connectivity index (χ1) is 19.1. The Bertz CT molecular complexity index is 1440. The number of rotatable bonds is 7. The van der Waals surface area contributed by atoms with Gasteiger partial charge in [0.05, 0.1) is 5.75 Å². The summed E-state index contributed by atoms with van der Waals surface area (Å²) < 4.78 is 0.